The van der Waals surface area contributed by atoms with Gasteiger partial charge in [0.25, 0.3) is 0 Å². The number of carbonyl (C=O) groups excluding carboxylic acids is 1. The molecule has 0 aliphatic heterocycles. The SMILES string of the molecule is C=N/C(=C\C(N)/C=C/ON)N(C)CC(C)CNC=O. The first-order chi connectivity index (χ1) is 9.04. The molecule has 0 aromatic rings. The standard InChI is InChI=1S/C12H23N5O2/c1-10(7-16-9-18)8-17(3)12(15-2)6-11(13)4-5-19-14/h4-6,9-11H,2,7-8,13-14H2,1,3H3,(H,16,18)/b5-4+,12-6+. The number of hydrogen-bond donors (Lipinski definition) is 3. The highest BCUT2D eigenvalue weighted by molar-refractivity contribution is 5.45. The van der Waals surface area contributed by atoms with Crippen LogP contribution >= 0.6 is 0 Å². The topological polar surface area (TPSA) is 106 Å². The molecule has 2 unspecified atom stereocenters. The molecule has 0 heterocycles. The van der Waals surface area contributed by atoms with E-state index in [4.69, 9.17) is 11.6 Å². The van der Waals surface area contributed by atoms with Crippen LogP contribution < -0.4 is 16.9 Å². The van der Waals surface area contributed by atoms with Crippen LogP contribution in [0.2, 0.25) is 0 Å². The molecule has 0 aromatic heterocycles. The molecule has 0 bridgehead atoms. The number of hydrogen-bond acceptors (Lipinski definition) is 6. The van der Waals surface area contributed by atoms with E-state index in [1.807, 2.05) is 18.9 Å². The summed E-state index contributed by atoms with van der Waals surface area (Å²) in [5.41, 5.74) is 5.81. The highest BCUT2D eigenvalue weighted by Gasteiger charge is 2.09. The molecule has 0 aromatic carbocycles. The van der Waals surface area contributed by atoms with Crippen molar-refractivity contribution in [1.82, 2.24) is 10.2 Å². The van der Waals surface area contributed by atoms with E-state index in [0.717, 1.165) is 6.54 Å². The van der Waals surface area contributed by atoms with E-state index in [9.17, 15) is 4.79 Å². The summed E-state index contributed by atoms with van der Waals surface area (Å²) in [6.07, 6.45) is 5.32. The van der Waals surface area contributed by atoms with Crippen molar-refractivity contribution in [1.29, 1.82) is 0 Å². The molecule has 0 spiro atoms. The molecule has 108 valence electrons. The molecule has 0 fully saturated rings. The Balaban J connectivity index is 4.49. The number of amides is 1. The first kappa shape index (κ1) is 17.1. The lowest BCUT2D eigenvalue weighted by atomic mass is 10.1. The minimum Gasteiger partial charge on any atom is -0.420 e. The maximum Gasteiger partial charge on any atom is 0.207 e. The zero-order chi connectivity index (χ0) is 14.7. The summed E-state index contributed by atoms with van der Waals surface area (Å²) < 4.78 is 0. The Bertz CT molecular complexity index is 330. The van der Waals surface area contributed by atoms with E-state index in [1.54, 1.807) is 12.2 Å². The molecule has 5 N–H and O–H groups in total. The van der Waals surface area contributed by atoms with Crippen LogP contribution in [0.5, 0.6) is 0 Å². The Morgan fingerprint density at radius 3 is 2.84 bits per heavy atom. The second-order valence-corrected chi connectivity index (χ2v) is 4.24. The summed E-state index contributed by atoms with van der Waals surface area (Å²) in [5.74, 6) is 5.80. The van der Waals surface area contributed by atoms with Crippen LogP contribution in [0.4, 0.5) is 0 Å². The van der Waals surface area contributed by atoms with Gasteiger partial charge in [-0.05, 0) is 24.8 Å². The molecular formula is C12H23N5O2. The molecule has 7 nitrogen and oxygen atoms in total. The van der Waals surface area contributed by atoms with Crippen molar-refractivity contribution in [2.24, 2.45) is 22.5 Å². The number of rotatable bonds is 10. The van der Waals surface area contributed by atoms with Crippen LogP contribution in [0.3, 0.4) is 0 Å². The number of carbonyl (C=O) groups is 1. The summed E-state index contributed by atoms with van der Waals surface area (Å²) >= 11 is 0. The second kappa shape index (κ2) is 10.1. The normalized spacial score (nSPS) is 14.8. The average Bonchev–Trinajstić information content (AvgIpc) is 2.39. The van der Waals surface area contributed by atoms with Gasteiger partial charge in [0, 0.05) is 26.2 Å². The van der Waals surface area contributed by atoms with E-state index in [1.165, 1.54) is 6.26 Å². The predicted octanol–water partition coefficient (Wildman–Crippen LogP) is -0.426. The van der Waals surface area contributed by atoms with E-state index in [-0.39, 0.29) is 12.0 Å². The average molecular weight is 269 g/mol. The third-order valence-corrected chi connectivity index (χ3v) is 2.41. The van der Waals surface area contributed by atoms with Crippen LogP contribution in [0.15, 0.2) is 29.2 Å². The van der Waals surface area contributed by atoms with Gasteiger partial charge in [-0.2, -0.15) is 5.90 Å². The molecule has 2 atom stereocenters. The van der Waals surface area contributed by atoms with E-state index in [0.29, 0.717) is 18.8 Å². The Kier molecular flexibility index (Phi) is 9.11. The summed E-state index contributed by atoms with van der Waals surface area (Å²) in [5, 5.41) is 2.64. The van der Waals surface area contributed by atoms with Crippen molar-refractivity contribution < 1.29 is 9.63 Å². The molecule has 0 saturated carbocycles. The highest BCUT2D eigenvalue weighted by Crippen LogP contribution is 2.07. The lowest BCUT2D eigenvalue weighted by Gasteiger charge is -2.23. The summed E-state index contributed by atoms with van der Waals surface area (Å²) in [6.45, 7) is 6.86. The summed E-state index contributed by atoms with van der Waals surface area (Å²) in [4.78, 5) is 20.4. The van der Waals surface area contributed by atoms with Crippen LogP contribution in [0.1, 0.15) is 6.92 Å². The summed E-state index contributed by atoms with van der Waals surface area (Å²) in [7, 11) is 1.88. The minimum atomic E-state index is -0.366. The van der Waals surface area contributed by atoms with Crippen LogP contribution in [-0.2, 0) is 9.63 Å². The van der Waals surface area contributed by atoms with Crippen molar-refractivity contribution in [2.45, 2.75) is 13.0 Å². The van der Waals surface area contributed by atoms with Gasteiger partial charge in [0.15, 0.2) is 0 Å². The van der Waals surface area contributed by atoms with Crippen LogP contribution in [0.25, 0.3) is 0 Å². The molecule has 7 heteroatoms. The van der Waals surface area contributed by atoms with Crippen molar-refractivity contribution in [3.05, 3.63) is 24.2 Å². The molecule has 0 saturated heterocycles. The Morgan fingerprint density at radius 1 is 1.63 bits per heavy atom. The van der Waals surface area contributed by atoms with E-state index < -0.39 is 0 Å². The molecule has 1 amide bonds. The molecule has 0 aliphatic rings. The lowest BCUT2D eigenvalue weighted by Crippen LogP contribution is -2.30. The van der Waals surface area contributed by atoms with Gasteiger partial charge in [0.05, 0.1) is 0 Å². The van der Waals surface area contributed by atoms with E-state index in [2.05, 4.69) is 21.9 Å². The van der Waals surface area contributed by atoms with Crippen molar-refractivity contribution in [3.63, 3.8) is 0 Å². The second-order valence-electron chi connectivity index (χ2n) is 4.24. The van der Waals surface area contributed by atoms with Gasteiger partial charge in [0.2, 0.25) is 6.41 Å². The number of aliphatic imine (C=N–C) groups is 1. The maximum absolute atomic E-state index is 10.2. The largest absolute Gasteiger partial charge is 0.420 e. The van der Waals surface area contributed by atoms with Crippen LogP contribution in [0, 0.1) is 5.92 Å². The van der Waals surface area contributed by atoms with Gasteiger partial charge in [-0.25, -0.2) is 4.99 Å². The number of nitrogens with zero attached hydrogens (tertiary/aromatic N) is 2. The third kappa shape index (κ3) is 7.96. The Hall–Kier alpha value is -1.86. The van der Waals surface area contributed by atoms with Gasteiger partial charge in [-0.1, -0.05) is 6.92 Å². The third-order valence-electron chi connectivity index (χ3n) is 2.41. The molecule has 19 heavy (non-hydrogen) atoms. The Morgan fingerprint density at radius 2 is 2.32 bits per heavy atom. The van der Waals surface area contributed by atoms with Gasteiger partial charge in [-0.15, -0.1) is 0 Å². The van der Waals surface area contributed by atoms with Crippen molar-refractivity contribution in [2.75, 3.05) is 20.1 Å². The highest BCUT2D eigenvalue weighted by atomic mass is 16.6. The van der Waals surface area contributed by atoms with Crippen molar-refractivity contribution >= 4 is 13.1 Å². The first-order valence-electron chi connectivity index (χ1n) is 5.89. The predicted molar refractivity (Wildman–Crippen MR) is 75.9 cm³/mol. The molecule has 0 radical (unpaired) electrons. The zero-order valence-electron chi connectivity index (χ0n) is 11.5. The lowest BCUT2D eigenvalue weighted by molar-refractivity contribution is -0.109. The van der Waals surface area contributed by atoms with Gasteiger partial charge in [0.1, 0.15) is 12.1 Å². The first-order valence-corrected chi connectivity index (χ1v) is 5.89. The van der Waals surface area contributed by atoms with Gasteiger partial charge in [-0.3, -0.25) is 4.79 Å². The fourth-order valence-corrected chi connectivity index (χ4v) is 1.54. The van der Waals surface area contributed by atoms with E-state index >= 15 is 0 Å². The quantitative estimate of drug-likeness (QED) is 0.216. The monoisotopic (exact) mass is 269 g/mol. The van der Waals surface area contributed by atoms with Crippen LogP contribution in [-0.4, -0.2) is 44.2 Å². The molecule has 0 aliphatic carbocycles. The van der Waals surface area contributed by atoms with Crippen molar-refractivity contribution in [3.8, 4) is 0 Å². The fraction of sp³-hybridized carbons (Fsp3) is 0.500. The maximum atomic E-state index is 10.2. The summed E-state index contributed by atoms with van der Waals surface area (Å²) in [6, 6.07) is -0.366. The smallest absolute Gasteiger partial charge is 0.207 e. The molecule has 0 rings (SSSR count). The van der Waals surface area contributed by atoms with Gasteiger partial charge >= 0.3 is 0 Å². The molecular weight excluding hydrogens is 246 g/mol. The van der Waals surface area contributed by atoms with Gasteiger partial charge < -0.3 is 20.8 Å². The number of nitrogens with one attached hydrogen (secondary N) is 1. The zero-order valence-corrected chi connectivity index (χ0v) is 11.5. The fourth-order valence-electron chi connectivity index (χ4n) is 1.54. The minimum absolute atomic E-state index is 0.277. The Labute approximate surface area is 113 Å². The number of nitrogens with two attached hydrogens (primary N) is 2.